The van der Waals surface area contributed by atoms with Crippen molar-refractivity contribution in [3.8, 4) is 0 Å². The first-order valence-electron chi connectivity index (χ1n) is 6.07. The molecular weight excluding hydrogens is 259 g/mol. The van der Waals surface area contributed by atoms with Crippen LogP contribution < -0.4 is 5.32 Å². The van der Waals surface area contributed by atoms with Crippen molar-refractivity contribution in [2.24, 2.45) is 5.92 Å². The van der Waals surface area contributed by atoms with Gasteiger partial charge in [-0.05, 0) is 44.0 Å². The first kappa shape index (κ1) is 13.7. The average Bonchev–Trinajstić information content (AvgIpc) is 2.37. The van der Waals surface area contributed by atoms with Gasteiger partial charge in [0.2, 0.25) is 0 Å². The summed E-state index contributed by atoms with van der Waals surface area (Å²) in [6, 6.07) is 5.82. The van der Waals surface area contributed by atoms with Crippen LogP contribution in [-0.2, 0) is 6.18 Å². The lowest BCUT2D eigenvalue weighted by atomic mass is 10.0. The first-order valence-corrected chi connectivity index (χ1v) is 7.05. The Morgan fingerprint density at radius 1 is 1.28 bits per heavy atom. The van der Waals surface area contributed by atoms with Gasteiger partial charge in [-0.3, -0.25) is 0 Å². The molecule has 0 amide bonds. The number of piperidine rings is 1. The molecule has 1 N–H and O–H groups in total. The van der Waals surface area contributed by atoms with Crippen LogP contribution in [0.2, 0.25) is 0 Å². The zero-order chi connectivity index (χ0) is 13.0. The van der Waals surface area contributed by atoms with Gasteiger partial charge in [-0.2, -0.15) is 13.2 Å². The number of halogens is 3. The molecule has 0 aliphatic carbocycles. The Kier molecular flexibility index (Phi) is 4.56. The number of hydrogen-bond acceptors (Lipinski definition) is 2. The lowest BCUT2D eigenvalue weighted by Gasteiger charge is -2.22. The summed E-state index contributed by atoms with van der Waals surface area (Å²) >= 11 is 1.32. The smallest absolute Gasteiger partial charge is 0.316 e. The molecule has 1 aromatic rings. The minimum atomic E-state index is -4.26. The van der Waals surface area contributed by atoms with E-state index in [1.165, 1.54) is 17.8 Å². The van der Waals surface area contributed by atoms with E-state index in [1.54, 1.807) is 12.1 Å². The zero-order valence-corrected chi connectivity index (χ0v) is 10.8. The molecule has 2 rings (SSSR count). The summed E-state index contributed by atoms with van der Waals surface area (Å²) in [6.45, 7) is 1.95. The van der Waals surface area contributed by atoms with Gasteiger partial charge >= 0.3 is 6.18 Å². The maximum atomic E-state index is 12.8. The minimum Gasteiger partial charge on any atom is -0.316 e. The molecule has 0 saturated carbocycles. The highest BCUT2D eigenvalue weighted by molar-refractivity contribution is 7.99. The van der Waals surface area contributed by atoms with E-state index in [4.69, 9.17) is 0 Å². The molecule has 1 fully saturated rings. The molecule has 1 saturated heterocycles. The Bertz CT molecular complexity index is 386. The van der Waals surface area contributed by atoms with Gasteiger partial charge in [-0.1, -0.05) is 12.1 Å². The van der Waals surface area contributed by atoms with Gasteiger partial charge < -0.3 is 5.32 Å². The molecular formula is C13H16F3NS. The van der Waals surface area contributed by atoms with E-state index in [9.17, 15) is 13.2 Å². The maximum absolute atomic E-state index is 12.8. The summed E-state index contributed by atoms with van der Waals surface area (Å²) in [5, 5.41) is 3.28. The van der Waals surface area contributed by atoms with Gasteiger partial charge in [0.05, 0.1) is 5.56 Å². The SMILES string of the molecule is FC(F)(F)c1ccccc1SCC1CCCNC1. The highest BCUT2D eigenvalue weighted by Gasteiger charge is 2.33. The number of alkyl halides is 3. The van der Waals surface area contributed by atoms with Gasteiger partial charge in [-0.15, -0.1) is 11.8 Å². The van der Waals surface area contributed by atoms with E-state index in [2.05, 4.69) is 5.32 Å². The lowest BCUT2D eigenvalue weighted by Crippen LogP contribution is -2.30. The lowest BCUT2D eigenvalue weighted by molar-refractivity contribution is -0.139. The number of benzene rings is 1. The Morgan fingerprint density at radius 2 is 2.06 bits per heavy atom. The third-order valence-corrected chi connectivity index (χ3v) is 4.37. The molecule has 1 unspecified atom stereocenters. The Labute approximate surface area is 109 Å². The Morgan fingerprint density at radius 3 is 2.72 bits per heavy atom. The molecule has 0 bridgehead atoms. The van der Waals surface area contributed by atoms with Gasteiger partial charge in [-0.25, -0.2) is 0 Å². The molecule has 100 valence electrons. The second kappa shape index (κ2) is 5.97. The van der Waals surface area contributed by atoms with Gasteiger partial charge in [0.1, 0.15) is 0 Å². The predicted molar refractivity (Wildman–Crippen MR) is 67.8 cm³/mol. The van der Waals surface area contributed by atoms with Crippen LogP contribution in [0, 0.1) is 5.92 Å². The molecule has 1 heterocycles. The first-order chi connectivity index (χ1) is 8.57. The highest BCUT2D eigenvalue weighted by Crippen LogP contribution is 2.37. The standard InChI is InChI=1S/C13H16F3NS/c14-13(15,16)11-5-1-2-6-12(11)18-9-10-4-3-7-17-8-10/h1-2,5-6,10,17H,3-4,7-9H2. The largest absolute Gasteiger partial charge is 0.417 e. The van der Waals surface area contributed by atoms with E-state index in [1.807, 2.05) is 0 Å². The number of rotatable bonds is 3. The average molecular weight is 275 g/mol. The molecule has 0 radical (unpaired) electrons. The molecule has 1 atom stereocenters. The van der Waals surface area contributed by atoms with Crippen LogP contribution >= 0.6 is 11.8 Å². The summed E-state index contributed by atoms with van der Waals surface area (Å²) in [5.74, 6) is 1.23. The monoisotopic (exact) mass is 275 g/mol. The highest BCUT2D eigenvalue weighted by atomic mass is 32.2. The van der Waals surface area contributed by atoms with E-state index in [-0.39, 0.29) is 0 Å². The van der Waals surface area contributed by atoms with Crippen molar-refractivity contribution in [3.63, 3.8) is 0 Å². The third-order valence-electron chi connectivity index (χ3n) is 3.07. The van der Waals surface area contributed by atoms with Crippen molar-refractivity contribution in [1.82, 2.24) is 5.32 Å². The fourth-order valence-corrected chi connectivity index (χ4v) is 3.31. The van der Waals surface area contributed by atoms with Crippen LogP contribution in [-0.4, -0.2) is 18.8 Å². The van der Waals surface area contributed by atoms with Gasteiger partial charge in [0, 0.05) is 10.6 Å². The molecule has 1 nitrogen and oxygen atoms in total. The van der Waals surface area contributed by atoms with Crippen molar-refractivity contribution in [2.45, 2.75) is 23.9 Å². The predicted octanol–water partition coefficient (Wildman–Crippen LogP) is 3.80. The maximum Gasteiger partial charge on any atom is 0.417 e. The molecule has 0 aromatic heterocycles. The molecule has 1 aromatic carbocycles. The van der Waals surface area contributed by atoms with Crippen molar-refractivity contribution in [3.05, 3.63) is 29.8 Å². The van der Waals surface area contributed by atoms with Crippen LogP contribution in [0.5, 0.6) is 0 Å². The third kappa shape index (κ3) is 3.65. The molecule has 1 aliphatic heterocycles. The van der Waals surface area contributed by atoms with Crippen molar-refractivity contribution < 1.29 is 13.2 Å². The van der Waals surface area contributed by atoms with E-state index in [0.29, 0.717) is 10.8 Å². The minimum absolute atomic E-state index is 0.343. The molecule has 1 aliphatic rings. The van der Waals surface area contributed by atoms with Crippen LogP contribution in [0.3, 0.4) is 0 Å². The van der Waals surface area contributed by atoms with Crippen LogP contribution in [0.4, 0.5) is 13.2 Å². The van der Waals surface area contributed by atoms with E-state index < -0.39 is 11.7 Å². The zero-order valence-electron chi connectivity index (χ0n) is 9.96. The number of hydrogen-bond donors (Lipinski definition) is 1. The van der Waals surface area contributed by atoms with Crippen molar-refractivity contribution in [1.29, 1.82) is 0 Å². The molecule has 0 spiro atoms. The number of thioether (sulfide) groups is 1. The van der Waals surface area contributed by atoms with E-state index >= 15 is 0 Å². The van der Waals surface area contributed by atoms with Crippen molar-refractivity contribution >= 4 is 11.8 Å². The topological polar surface area (TPSA) is 12.0 Å². The Hall–Kier alpha value is -0.680. The van der Waals surface area contributed by atoms with E-state index in [0.717, 1.165) is 37.8 Å². The van der Waals surface area contributed by atoms with Crippen LogP contribution in [0.1, 0.15) is 18.4 Å². The quantitative estimate of drug-likeness (QED) is 0.842. The summed E-state index contributed by atoms with van der Waals surface area (Å²) in [4.78, 5) is 0.343. The normalized spacial score (nSPS) is 20.9. The van der Waals surface area contributed by atoms with Crippen LogP contribution in [0.25, 0.3) is 0 Å². The summed E-state index contributed by atoms with van der Waals surface area (Å²) in [5.41, 5.74) is -0.515. The fraction of sp³-hybridized carbons (Fsp3) is 0.538. The number of nitrogens with one attached hydrogen (secondary N) is 1. The fourth-order valence-electron chi connectivity index (χ4n) is 2.10. The molecule has 5 heteroatoms. The van der Waals surface area contributed by atoms with Crippen LogP contribution in [0.15, 0.2) is 29.2 Å². The second-order valence-electron chi connectivity index (χ2n) is 4.52. The van der Waals surface area contributed by atoms with Gasteiger partial charge in [0.15, 0.2) is 0 Å². The summed E-state index contributed by atoms with van der Waals surface area (Å²) in [6.07, 6.45) is -2.03. The van der Waals surface area contributed by atoms with Gasteiger partial charge in [0.25, 0.3) is 0 Å². The summed E-state index contributed by atoms with van der Waals surface area (Å²) < 4.78 is 38.4. The second-order valence-corrected chi connectivity index (χ2v) is 5.58. The van der Waals surface area contributed by atoms with Crippen molar-refractivity contribution in [2.75, 3.05) is 18.8 Å². The molecule has 18 heavy (non-hydrogen) atoms. The summed E-state index contributed by atoms with van der Waals surface area (Å²) in [7, 11) is 0. The Balaban J connectivity index is 2.00.